The molecule has 2 nitrogen and oxygen atoms in total. The number of rotatable bonds is 2. The zero-order valence-electron chi connectivity index (χ0n) is 7.17. The van der Waals surface area contributed by atoms with E-state index in [0.29, 0.717) is 0 Å². The number of nitrogens with one attached hydrogen (secondary N) is 1. The maximum Gasteiger partial charge on any atom is 0.138 e. The zero-order chi connectivity index (χ0) is 9.26. The monoisotopic (exact) mass is 256 g/mol. The van der Waals surface area contributed by atoms with Gasteiger partial charge in [0.2, 0.25) is 0 Å². The molecule has 0 atom stereocenters. The Hall–Kier alpha value is -0.480. The largest absolute Gasteiger partial charge is 0.346 e. The summed E-state index contributed by atoms with van der Waals surface area (Å²) in [5, 5.41) is 1.20. The Morgan fingerprint density at radius 1 is 1.62 bits per heavy atom. The molecule has 68 valence electrons. The summed E-state index contributed by atoms with van der Waals surface area (Å²) in [5.74, 6) is 1.07. The molecule has 2 aromatic heterocycles. The SMILES string of the molecule is CCSc1c(Br)cnc2[nH]ccc12. The van der Waals surface area contributed by atoms with Crippen LogP contribution in [0, 0.1) is 0 Å². The Morgan fingerprint density at radius 3 is 3.23 bits per heavy atom. The second-order valence-electron chi connectivity index (χ2n) is 2.61. The number of hydrogen-bond donors (Lipinski definition) is 1. The highest BCUT2D eigenvalue weighted by molar-refractivity contribution is 9.10. The third-order valence-electron chi connectivity index (χ3n) is 1.78. The number of nitrogens with zero attached hydrogens (tertiary/aromatic N) is 1. The molecule has 4 heteroatoms. The van der Waals surface area contributed by atoms with E-state index in [-0.39, 0.29) is 0 Å². The Balaban J connectivity index is 2.66. The van der Waals surface area contributed by atoms with E-state index in [0.717, 1.165) is 15.9 Å². The Bertz CT molecular complexity index is 424. The number of H-pyrrole nitrogens is 1. The predicted octanol–water partition coefficient (Wildman–Crippen LogP) is 3.44. The van der Waals surface area contributed by atoms with E-state index in [1.165, 1.54) is 10.3 Å². The number of aromatic amines is 1. The minimum absolute atomic E-state index is 0.958. The lowest BCUT2D eigenvalue weighted by atomic mass is 10.3. The molecule has 2 heterocycles. The lowest BCUT2D eigenvalue weighted by Gasteiger charge is -2.02. The van der Waals surface area contributed by atoms with Gasteiger partial charge in [-0.1, -0.05) is 6.92 Å². The van der Waals surface area contributed by atoms with Crippen molar-refractivity contribution < 1.29 is 0 Å². The van der Waals surface area contributed by atoms with Crippen LogP contribution < -0.4 is 0 Å². The van der Waals surface area contributed by atoms with Gasteiger partial charge in [-0.3, -0.25) is 0 Å². The maximum atomic E-state index is 4.27. The summed E-state index contributed by atoms with van der Waals surface area (Å²) >= 11 is 5.34. The number of pyridine rings is 1. The van der Waals surface area contributed by atoms with Crippen LogP contribution >= 0.6 is 27.7 Å². The molecule has 2 rings (SSSR count). The molecule has 0 amide bonds. The highest BCUT2D eigenvalue weighted by Gasteiger charge is 2.06. The number of hydrogen-bond acceptors (Lipinski definition) is 2. The molecule has 0 radical (unpaired) electrons. The first-order chi connectivity index (χ1) is 6.33. The smallest absolute Gasteiger partial charge is 0.138 e. The van der Waals surface area contributed by atoms with E-state index in [4.69, 9.17) is 0 Å². The summed E-state index contributed by atoms with van der Waals surface area (Å²) in [6.07, 6.45) is 3.76. The van der Waals surface area contributed by atoms with Crippen molar-refractivity contribution in [3.8, 4) is 0 Å². The van der Waals surface area contributed by atoms with Crippen LogP contribution in [0.4, 0.5) is 0 Å². The summed E-state index contributed by atoms with van der Waals surface area (Å²) in [4.78, 5) is 8.64. The highest BCUT2D eigenvalue weighted by atomic mass is 79.9. The third-order valence-corrected chi connectivity index (χ3v) is 3.66. The van der Waals surface area contributed by atoms with Crippen LogP contribution in [0.3, 0.4) is 0 Å². The standard InChI is InChI=1S/C9H9BrN2S/c1-2-13-8-6-3-4-11-9(6)12-5-7(8)10/h3-5H,2H2,1H3,(H,11,12). The second-order valence-corrected chi connectivity index (χ2v) is 4.74. The summed E-state index contributed by atoms with van der Waals surface area (Å²) < 4.78 is 1.08. The fourth-order valence-corrected chi connectivity index (χ4v) is 2.71. The molecule has 0 aliphatic rings. The van der Waals surface area contributed by atoms with Crippen LogP contribution in [-0.2, 0) is 0 Å². The average Bonchev–Trinajstić information content (AvgIpc) is 2.58. The van der Waals surface area contributed by atoms with Gasteiger partial charge in [0, 0.05) is 22.7 Å². The van der Waals surface area contributed by atoms with Crippen molar-refractivity contribution in [3.63, 3.8) is 0 Å². The molecule has 0 fully saturated rings. The van der Waals surface area contributed by atoms with E-state index < -0.39 is 0 Å². The van der Waals surface area contributed by atoms with Crippen molar-refractivity contribution in [2.24, 2.45) is 0 Å². The lowest BCUT2D eigenvalue weighted by Crippen LogP contribution is -1.82. The Morgan fingerprint density at radius 2 is 2.46 bits per heavy atom. The molecule has 2 aromatic rings. The molecule has 0 bridgehead atoms. The van der Waals surface area contributed by atoms with Crippen molar-refractivity contribution in [2.75, 3.05) is 5.75 Å². The normalized spacial score (nSPS) is 10.9. The molecule has 0 unspecified atom stereocenters. The third kappa shape index (κ3) is 1.60. The van der Waals surface area contributed by atoms with Crippen LogP contribution in [0.2, 0.25) is 0 Å². The Kier molecular flexibility index (Phi) is 2.60. The molecule has 0 aromatic carbocycles. The van der Waals surface area contributed by atoms with Gasteiger partial charge in [-0.05, 0) is 27.7 Å². The molecule has 13 heavy (non-hydrogen) atoms. The fraction of sp³-hybridized carbons (Fsp3) is 0.222. The van der Waals surface area contributed by atoms with Crippen LogP contribution in [0.5, 0.6) is 0 Å². The van der Waals surface area contributed by atoms with E-state index >= 15 is 0 Å². The first-order valence-corrected chi connectivity index (χ1v) is 5.85. The molecule has 0 saturated carbocycles. The quantitative estimate of drug-likeness (QED) is 0.835. The van der Waals surface area contributed by atoms with E-state index in [1.54, 1.807) is 0 Å². The van der Waals surface area contributed by atoms with Crippen LogP contribution in [0.1, 0.15) is 6.92 Å². The van der Waals surface area contributed by atoms with Crippen LogP contribution in [-0.4, -0.2) is 15.7 Å². The molecule has 0 spiro atoms. The van der Waals surface area contributed by atoms with E-state index in [2.05, 4.69) is 38.9 Å². The lowest BCUT2D eigenvalue weighted by molar-refractivity contribution is 1.27. The summed E-state index contributed by atoms with van der Waals surface area (Å²) in [5.41, 5.74) is 0.958. The van der Waals surface area contributed by atoms with Crippen molar-refractivity contribution >= 4 is 38.7 Å². The van der Waals surface area contributed by atoms with Gasteiger partial charge in [0.15, 0.2) is 0 Å². The average molecular weight is 257 g/mol. The minimum atomic E-state index is 0.958. The predicted molar refractivity (Wildman–Crippen MR) is 60.2 cm³/mol. The van der Waals surface area contributed by atoms with Gasteiger partial charge in [0.05, 0.1) is 4.47 Å². The van der Waals surface area contributed by atoms with Gasteiger partial charge in [-0.25, -0.2) is 4.98 Å². The second kappa shape index (κ2) is 3.72. The van der Waals surface area contributed by atoms with Crippen molar-refractivity contribution in [3.05, 3.63) is 22.9 Å². The van der Waals surface area contributed by atoms with Gasteiger partial charge in [0.1, 0.15) is 5.65 Å². The molecule has 1 N–H and O–H groups in total. The van der Waals surface area contributed by atoms with Gasteiger partial charge in [-0.2, -0.15) is 0 Å². The van der Waals surface area contributed by atoms with Gasteiger partial charge in [0.25, 0.3) is 0 Å². The Labute approximate surface area is 89.3 Å². The summed E-state index contributed by atoms with van der Waals surface area (Å²) in [6.45, 7) is 2.15. The van der Waals surface area contributed by atoms with Crippen molar-refractivity contribution in [1.29, 1.82) is 0 Å². The van der Waals surface area contributed by atoms with Gasteiger partial charge >= 0.3 is 0 Å². The molecular formula is C9H9BrN2S. The number of thioether (sulfide) groups is 1. The van der Waals surface area contributed by atoms with Crippen LogP contribution in [0.25, 0.3) is 11.0 Å². The highest BCUT2D eigenvalue weighted by Crippen LogP contribution is 2.32. The van der Waals surface area contributed by atoms with E-state index in [9.17, 15) is 0 Å². The first kappa shape index (κ1) is 9.09. The number of fused-ring (bicyclic) bond motifs is 1. The zero-order valence-corrected chi connectivity index (χ0v) is 9.58. The van der Waals surface area contributed by atoms with Gasteiger partial charge in [-0.15, -0.1) is 11.8 Å². The maximum absolute atomic E-state index is 4.27. The fourth-order valence-electron chi connectivity index (χ4n) is 1.25. The number of aromatic nitrogens is 2. The topological polar surface area (TPSA) is 28.7 Å². The van der Waals surface area contributed by atoms with Crippen LogP contribution in [0.15, 0.2) is 27.8 Å². The molecule has 0 aliphatic heterocycles. The summed E-state index contributed by atoms with van der Waals surface area (Å²) in [7, 11) is 0. The molecule has 0 saturated heterocycles. The number of halogens is 1. The van der Waals surface area contributed by atoms with E-state index in [1.807, 2.05) is 24.2 Å². The molecule has 0 aliphatic carbocycles. The first-order valence-electron chi connectivity index (χ1n) is 4.07. The van der Waals surface area contributed by atoms with Crippen molar-refractivity contribution in [1.82, 2.24) is 9.97 Å². The van der Waals surface area contributed by atoms with Gasteiger partial charge < -0.3 is 4.98 Å². The summed E-state index contributed by atoms with van der Waals surface area (Å²) in [6, 6.07) is 2.06. The minimum Gasteiger partial charge on any atom is -0.346 e. The molecular weight excluding hydrogens is 248 g/mol. The van der Waals surface area contributed by atoms with Crippen molar-refractivity contribution in [2.45, 2.75) is 11.8 Å².